The quantitative estimate of drug-likeness (QED) is 0.623. The van der Waals surface area contributed by atoms with E-state index in [2.05, 4.69) is 44.3 Å². The number of hydrogen-bond donors (Lipinski definition) is 0. The maximum absolute atomic E-state index is 14.1. The molecule has 0 saturated heterocycles. The van der Waals surface area contributed by atoms with Crippen LogP contribution in [0.3, 0.4) is 0 Å². The van der Waals surface area contributed by atoms with Gasteiger partial charge in [-0.15, -0.1) is 0 Å². The molecule has 0 atom stereocenters. The van der Waals surface area contributed by atoms with Crippen molar-refractivity contribution in [3.63, 3.8) is 0 Å². The summed E-state index contributed by atoms with van der Waals surface area (Å²) in [5.41, 5.74) is 3.17. The number of rotatable bonds is 0. The molecule has 1 heterocycles. The molecular formula is C15H15FSi. The first-order chi connectivity index (χ1) is 8.01. The Bertz CT molecular complexity index is 614. The third-order valence-corrected chi connectivity index (χ3v) is 7.35. The van der Waals surface area contributed by atoms with E-state index in [0.717, 1.165) is 11.1 Å². The summed E-state index contributed by atoms with van der Waals surface area (Å²) < 4.78 is 14.1. The second-order valence-electron chi connectivity index (χ2n) is 5.34. The lowest BCUT2D eigenvalue weighted by Crippen LogP contribution is -2.49. The Kier molecular flexibility index (Phi) is 2.08. The summed E-state index contributed by atoms with van der Waals surface area (Å²) in [5.74, 6) is -0.0765. The predicted octanol–water partition coefficient (Wildman–Crippen LogP) is 2.94. The molecule has 0 aliphatic carbocycles. The van der Waals surface area contributed by atoms with E-state index in [4.69, 9.17) is 0 Å². The summed E-state index contributed by atoms with van der Waals surface area (Å²) in [4.78, 5) is 0. The molecule has 2 aromatic rings. The Morgan fingerprint density at radius 1 is 1.00 bits per heavy atom. The van der Waals surface area contributed by atoms with Gasteiger partial charge in [-0.05, 0) is 28.9 Å². The summed E-state index contributed by atoms with van der Waals surface area (Å²) >= 11 is 0. The third kappa shape index (κ3) is 1.34. The van der Waals surface area contributed by atoms with E-state index in [9.17, 15) is 4.39 Å². The highest BCUT2D eigenvalue weighted by molar-refractivity contribution is 7.03. The number of aryl methyl sites for hydroxylation is 1. The standard InChI is InChI=1S/C15H15FSi/c1-10-7-8-13-11(9-10)15-12(16)5-4-6-14(15)17(13,2)3/h4-9H,1-3H3. The van der Waals surface area contributed by atoms with Crippen LogP contribution in [0.4, 0.5) is 4.39 Å². The number of halogens is 1. The van der Waals surface area contributed by atoms with Crippen molar-refractivity contribution in [1.29, 1.82) is 0 Å². The molecule has 1 aliphatic rings. The molecule has 0 saturated carbocycles. The summed E-state index contributed by atoms with van der Waals surface area (Å²) in [7, 11) is -1.68. The highest BCUT2D eigenvalue weighted by atomic mass is 28.3. The van der Waals surface area contributed by atoms with Crippen LogP contribution in [0, 0.1) is 12.7 Å². The van der Waals surface area contributed by atoms with Gasteiger partial charge in [0.2, 0.25) is 0 Å². The number of benzene rings is 2. The van der Waals surface area contributed by atoms with E-state index in [0.29, 0.717) is 0 Å². The van der Waals surface area contributed by atoms with E-state index >= 15 is 0 Å². The minimum absolute atomic E-state index is 0.0765. The molecule has 0 spiro atoms. The molecule has 0 unspecified atom stereocenters. The molecule has 86 valence electrons. The summed E-state index contributed by atoms with van der Waals surface area (Å²) in [6.45, 7) is 6.66. The lowest BCUT2D eigenvalue weighted by atomic mass is 10.0. The SMILES string of the molecule is Cc1ccc2c(c1)-c1c(F)cccc1[Si]2(C)C. The Balaban J connectivity index is 2.44. The highest BCUT2D eigenvalue weighted by Crippen LogP contribution is 2.30. The molecule has 0 nitrogen and oxygen atoms in total. The smallest absolute Gasteiger partial charge is 0.130 e. The minimum Gasteiger partial charge on any atom is -0.206 e. The third-order valence-electron chi connectivity index (χ3n) is 3.80. The van der Waals surface area contributed by atoms with Gasteiger partial charge in [0, 0.05) is 5.56 Å². The molecule has 0 radical (unpaired) electrons. The molecule has 0 bridgehead atoms. The lowest BCUT2D eigenvalue weighted by Gasteiger charge is -2.18. The highest BCUT2D eigenvalue weighted by Gasteiger charge is 2.38. The fourth-order valence-corrected chi connectivity index (χ4v) is 5.93. The Labute approximate surface area is 102 Å². The second kappa shape index (κ2) is 3.30. The van der Waals surface area contributed by atoms with Crippen molar-refractivity contribution < 1.29 is 4.39 Å². The first kappa shape index (κ1) is 10.7. The van der Waals surface area contributed by atoms with E-state index < -0.39 is 8.07 Å². The molecular weight excluding hydrogens is 227 g/mol. The average molecular weight is 242 g/mol. The number of hydrogen-bond acceptors (Lipinski definition) is 0. The van der Waals surface area contributed by atoms with Gasteiger partial charge in [-0.2, -0.15) is 0 Å². The van der Waals surface area contributed by atoms with Crippen LogP contribution in [0.15, 0.2) is 36.4 Å². The molecule has 1 aliphatic heterocycles. The van der Waals surface area contributed by atoms with Gasteiger partial charge in [0.05, 0.1) is 0 Å². The zero-order chi connectivity index (χ0) is 12.2. The largest absolute Gasteiger partial charge is 0.206 e. The van der Waals surface area contributed by atoms with Gasteiger partial charge in [-0.3, -0.25) is 0 Å². The van der Waals surface area contributed by atoms with Gasteiger partial charge in [-0.25, -0.2) is 4.39 Å². The Morgan fingerprint density at radius 3 is 2.53 bits per heavy atom. The molecule has 0 amide bonds. The van der Waals surface area contributed by atoms with Crippen molar-refractivity contribution in [2.75, 3.05) is 0 Å². The van der Waals surface area contributed by atoms with Crippen LogP contribution in [0.5, 0.6) is 0 Å². The average Bonchev–Trinajstić information content (AvgIpc) is 2.49. The van der Waals surface area contributed by atoms with Crippen LogP contribution < -0.4 is 10.4 Å². The molecule has 2 heteroatoms. The van der Waals surface area contributed by atoms with Crippen molar-refractivity contribution in [3.05, 3.63) is 47.8 Å². The minimum atomic E-state index is -1.68. The molecule has 0 aromatic heterocycles. The van der Waals surface area contributed by atoms with Crippen LogP contribution in [0.25, 0.3) is 11.1 Å². The van der Waals surface area contributed by atoms with Crippen molar-refractivity contribution in [2.45, 2.75) is 20.0 Å². The van der Waals surface area contributed by atoms with E-state index in [-0.39, 0.29) is 5.82 Å². The Hall–Kier alpha value is -1.41. The molecule has 17 heavy (non-hydrogen) atoms. The normalized spacial score (nSPS) is 15.5. The first-order valence-electron chi connectivity index (χ1n) is 5.92. The van der Waals surface area contributed by atoms with Crippen molar-refractivity contribution in [3.8, 4) is 11.1 Å². The summed E-state index contributed by atoms with van der Waals surface area (Å²) in [6.07, 6.45) is 0. The van der Waals surface area contributed by atoms with Gasteiger partial charge in [0.25, 0.3) is 0 Å². The molecule has 3 rings (SSSR count). The monoisotopic (exact) mass is 242 g/mol. The Morgan fingerprint density at radius 2 is 1.76 bits per heavy atom. The fourth-order valence-electron chi connectivity index (χ4n) is 2.87. The zero-order valence-corrected chi connectivity index (χ0v) is 11.3. The van der Waals surface area contributed by atoms with Crippen LogP contribution in [-0.2, 0) is 0 Å². The molecule has 0 fully saturated rings. The van der Waals surface area contributed by atoms with Gasteiger partial charge in [-0.1, -0.05) is 49.0 Å². The zero-order valence-electron chi connectivity index (χ0n) is 10.3. The topological polar surface area (TPSA) is 0 Å². The molecule has 2 aromatic carbocycles. The van der Waals surface area contributed by atoms with Gasteiger partial charge in [0.1, 0.15) is 13.9 Å². The lowest BCUT2D eigenvalue weighted by molar-refractivity contribution is 0.632. The molecule has 0 N–H and O–H groups in total. The van der Waals surface area contributed by atoms with E-state index in [1.54, 1.807) is 6.07 Å². The van der Waals surface area contributed by atoms with Gasteiger partial charge in [0.15, 0.2) is 0 Å². The van der Waals surface area contributed by atoms with Crippen LogP contribution in [0.1, 0.15) is 5.56 Å². The van der Waals surface area contributed by atoms with Gasteiger partial charge >= 0.3 is 0 Å². The predicted molar refractivity (Wildman–Crippen MR) is 73.3 cm³/mol. The van der Waals surface area contributed by atoms with Crippen molar-refractivity contribution >= 4 is 18.4 Å². The summed E-state index contributed by atoms with van der Waals surface area (Å²) in [5, 5.41) is 2.60. The number of fused-ring (bicyclic) bond motifs is 3. The maximum Gasteiger partial charge on any atom is 0.130 e. The van der Waals surface area contributed by atoms with Crippen LogP contribution >= 0.6 is 0 Å². The summed E-state index contributed by atoms with van der Waals surface area (Å²) in [6, 6.07) is 12.0. The van der Waals surface area contributed by atoms with Crippen LogP contribution in [0.2, 0.25) is 13.1 Å². The van der Waals surface area contributed by atoms with Crippen molar-refractivity contribution in [1.82, 2.24) is 0 Å². The van der Waals surface area contributed by atoms with Crippen LogP contribution in [-0.4, -0.2) is 8.07 Å². The van der Waals surface area contributed by atoms with Gasteiger partial charge < -0.3 is 0 Å². The fraction of sp³-hybridized carbons (Fsp3) is 0.200. The van der Waals surface area contributed by atoms with E-state index in [1.165, 1.54) is 15.9 Å². The first-order valence-corrected chi connectivity index (χ1v) is 8.92. The maximum atomic E-state index is 14.1. The van der Waals surface area contributed by atoms with Crippen molar-refractivity contribution in [2.24, 2.45) is 0 Å². The second-order valence-corrected chi connectivity index (χ2v) is 9.66. The van der Waals surface area contributed by atoms with E-state index in [1.807, 2.05) is 6.07 Å².